The molecule has 0 atom stereocenters. The predicted octanol–water partition coefficient (Wildman–Crippen LogP) is 10.5. The smallest absolute Gasteiger partial charge is 0.409 e. The Morgan fingerprint density at radius 3 is 1.37 bits per heavy atom. The van der Waals surface area contributed by atoms with E-state index in [1.54, 1.807) is 0 Å². The number of hydrogen-bond acceptors (Lipinski definition) is 4. The zero-order valence-corrected chi connectivity index (χ0v) is 30.2. The van der Waals surface area contributed by atoms with Crippen molar-refractivity contribution in [1.29, 1.82) is 0 Å². The van der Waals surface area contributed by atoms with Gasteiger partial charge >= 0.3 is 16.3 Å². The number of amides is 1. The summed E-state index contributed by atoms with van der Waals surface area (Å²) in [5, 5.41) is 0. The van der Waals surface area contributed by atoms with E-state index in [1.165, 1.54) is 68.5 Å². The molecule has 0 heterocycles. The summed E-state index contributed by atoms with van der Waals surface area (Å²) in [5.41, 5.74) is 2.27. The third-order valence-corrected chi connectivity index (χ3v) is 9.59. The first kappa shape index (κ1) is 39.4. The molecule has 43 heavy (non-hydrogen) atoms. The fourth-order valence-electron chi connectivity index (χ4n) is 5.48. The van der Waals surface area contributed by atoms with Gasteiger partial charge in [-0.2, -0.15) is 12.7 Å². The lowest BCUT2D eigenvalue weighted by molar-refractivity contribution is 0.203. The largest absolute Gasteiger partial charge is 0.427 e. The van der Waals surface area contributed by atoms with Crippen LogP contribution in [0.1, 0.15) is 175 Å². The molecule has 0 saturated carbocycles. The number of rotatable bonds is 21. The van der Waals surface area contributed by atoms with Crippen LogP contribution in [0.2, 0.25) is 0 Å². The van der Waals surface area contributed by atoms with Crippen molar-refractivity contribution in [3.05, 3.63) is 28.8 Å². The number of carbonyl (C=O) groups excluding carboxylic acids is 1. The van der Waals surface area contributed by atoms with E-state index in [9.17, 15) is 13.2 Å². The number of benzene rings is 1. The lowest BCUT2D eigenvalue weighted by Crippen LogP contribution is -2.45. The van der Waals surface area contributed by atoms with Crippen LogP contribution < -0.4 is 9.46 Å². The first-order chi connectivity index (χ1) is 20.1. The van der Waals surface area contributed by atoms with Gasteiger partial charge in [0.1, 0.15) is 5.75 Å². The summed E-state index contributed by atoms with van der Waals surface area (Å²) in [4.78, 5) is 13.2. The van der Waals surface area contributed by atoms with E-state index >= 15 is 0 Å². The fourth-order valence-corrected chi connectivity index (χ4v) is 6.60. The zero-order chi connectivity index (χ0) is 32.5. The average Bonchev–Trinajstić information content (AvgIpc) is 2.89. The van der Waals surface area contributed by atoms with Crippen LogP contribution in [0.5, 0.6) is 5.75 Å². The first-order valence-electron chi connectivity index (χ1n) is 17.3. The quantitative estimate of drug-likeness (QED) is 0.138. The molecular formula is C36H66N2O4S. The Labute approximate surface area is 266 Å². The van der Waals surface area contributed by atoms with Gasteiger partial charge in [0.2, 0.25) is 0 Å². The minimum atomic E-state index is -4.05. The predicted molar refractivity (Wildman–Crippen MR) is 183 cm³/mol. The number of carbonyl (C=O) groups is 1. The first-order valence-corrected chi connectivity index (χ1v) is 18.7. The number of aryl methyl sites for hydroxylation is 1. The van der Waals surface area contributed by atoms with Crippen molar-refractivity contribution in [2.45, 2.75) is 176 Å². The van der Waals surface area contributed by atoms with Crippen LogP contribution in [-0.4, -0.2) is 31.9 Å². The van der Waals surface area contributed by atoms with Crippen molar-refractivity contribution >= 4 is 16.3 Å². The minimum Gasteiger partial charge on any atom is -0.409 e. The Balaban J connectivity index is 2.97. The van der Waals surface area contributed by atoms with E-state index in [2.05, 4.69) is 60.1 Å². The van der Waals surface area contributed by atoms with Gasteiger partial charge in [-0.05, 0) is 30.6 Å². The van der Waals surface area contributed by atoms with Gasteiger partial charge in [0.05, 0.1) is 0 Å². The van der Waals surface area contributed by atoms with Crippen LogP contribution in [-0.2, 0) is 21.0 Å². The second-order valence-corrected chi connectivity index (χ2v) is 16.2. The molecule has 0 aliphatic carbocycles. The molecule has 0 aromatic heterocycles. The zero-order valence-electron chi connectivity index (χ0n) is 29.4. The van der Waals surface area contributed by atoms with Crippen molar-refractivity contribution in [2.75, 3.05) is 13.1 Å². The lowest BCUT2D eigenvalue weighted by atomic mass is 9.78. The van der Waals surface area contributed by atoms with Gasteiger partial charge in [-0.3, -0.25) is 0 Å². The Kier molecular flexibility index (Phi) is 18.1. The van der Waals surface area contributed by atoms with Gasteiger partial charge in [-0.25, -0.2) is 9.52 Å². The molecule has 0 fully saturated rings. The molecule has 0 bridgehead atoms. The second kappa shape index (κ2) is 19.7. The lowest BCUT2D eigenvalue weighted by Gasteiger charge is -2.30. The van der Waals surface area contributed by atoms with Crippen LogP contribution in [0.4, 0.5) is 4.79 Å². The van der Waals surface area contributed by atoms with E-state index in [4.69, 9.17) is 4.74 Å². The van der Waals surface area contributed by atoms with Gasteiger partial charge in [0.25, 0.3) is 0 Å². The van der Waals surface area contributed by atoms with Crippen LogP contribution in [0.15, 0.2) is 12.1 Å². The van der Waals surface area contributed by atoms with Crippen LogP contribution >= 0.6 is 0 Å². The highest BCUT2D eigenvalue weighted by atomic mass is 32.2. The van der Waals surface area contributed by atoms with Crippen LogP contribution in [0.3, 0.4) is 0 Å². The molecule has 1 N–H and O–H groups in total. The highest BCUT2D eigenvalue weighted by Gasteiger charge is 2.31. The maximum absolute atomic E-state index is 13.5. The van der Waals surface area contributed by atoms with E-state index < -0.39 is 16.3 Å². The van der Waals surface area contributed by atoms with E-state index in [0.717, 1.165) is 55.2 Å². The SMILES string of the molecule is CCCCCCCCCCN(CCCCCCCCCC)S(=O)(=O)NC(=O)Oc1c(C(C)(C)C)cc(C)cc1C(C)(C)C. The molecule has 0 radical (unpaired) electrons. The summed E-state index contributed by atoms with van der Waals surface area (Å²) in [6.07, 6.45) is 17.3. The normalized spacial score (nSPS) is 12.6. The summed E-state index contributed by atoms with van der Waals surface area (Å²) < 4.78 is 36.7. The van der Waals surface area contributed by atoms with E-state index in [0.29, 0.717) is 18.8 Å². The highest BCUT2D eigenvalue weighted by Crippen LogP contribution is 2.40. The molecular weight excluding hydrogens is 556 g/mol. The molecule has 0 saturated heterocycles. The summed E-state index contributed by atoms with van der Waals surface area (Å²) in [7, 11) is -4.05. The monoisotopic (exact) mass is 622 g/mol. The van der Waals surface area contributed by atoms with Gasteiger partial charge in [0, 0.05) is 24.2 Å². The molecule has 1 rings (SSSR count). The van der Waals surface area contributed by atoms with Crippen molar-refractivity contribution in [3.63, 3.8) is 0 Å². The molecule has 1 amide bonds. The molecule has 0 aliphatic rings. The standard InChI is InChI=1S/C36H66N2O4S/c1-10-12-14-16-18-20-22-24-26-38(27-25-23-21-19-17-15-13-11-2)43(40,41)37-34(39)42-33-31(35(4,5)6)28-30(3)29-32(33)36(7,8)9/h28-29H,10-27H2,1-9H3,(H,37,39). The summed E-state index contributed by atoms with van der Waals surface area (Å²) in [6.45, 7) is 19.8. The average molecular weight is 623 g/mol. The summed E-state index contributed by atoms with van der Waals surface area (Å²) >= 11 is 0. The summed E-state index contributed by atoms with van der Waals surface area (Å²) in [6, 6.07) is 4.06. The van der Waals surface area contributed by atoms with Gasteiger partial charge in [0.15, 0.2) is 0 Å². The third kappa shape index (κ3) is 15.8. The van der Waals surface area contributed by atoms with Crippen molar-refractivity contribution in [2.24, 2.45) is 0 Å². The highest BCUT2D eigenvalue weighted by molar-refractivity contribution is 7.87. The maximum Gasteiger partial charge on any atom is 0.427 e. The Bertz CT molecular complexity index is 983. The maximum atomic E-state index is 13.5. The summed E-state index contributed by atoms with van der Waals surface area (Å²) in [5.74, 6) is 0.455. The molecule has 1 aromatic rings. The van der Waals surface area contributed by atoms with Crippen LogP contribution in [0, 0.1) is 6.92 Å². The van der Waals surface area contributed by atoms with Crippen molar-refractivity contribution in [1.82, 2.24) is 9.03 Å². The minimum absolute atomic E-state index is 0.292. The topological polar surface area (TPSA) is 75.7 Å². The molecule has 0 spiro atoms. The Hall–Kier alpha value is -1.60. The van der Waals surface area contributed by atoms with Gasteiger partial charge in [-0.1, -0.05) is 163 Å². The molecule has 250 valence electrons. The van der Waals surface area contributed by atoms with Gasteiger partial charge < -0.3 is 4.74 Å². The molecule has 0 aliphatic heterocycles. The van der Waals surface area contributed by atoms with Crippen molar-refractivity contribution < 1.29 is 17.9 Å². The number of nitrogens with zero attached hydrogens (tertiary/aromatic N) is 1. The number of ether oxygens (including phenoxy) is 1. The number of unbranched alkanes of at least 4 members (excludes halogenated alkanes) is 14. The number of nitrogens with one attached hydrogen (secondary N) is 1. The van der Waals surface area contributed by atoms with Crippen molar-refractivity contribution in [3.8, 4) is 5.75 Å². The Morgan fingerprint density at radius 1 is 0.674 bits per heavy atom. The number of hydrogen-bond donors (Lipinski definition) is 1. The second-order valence-electron chi connectivity index (χ2n) is 14.5. The molecule has 1 aromatic carbocycles. The Morgan fingerprint density at radius 2 is 1.02 bits per heavy atom. The van der Waals surface area contributed by atoms with Crippen LogP contribution in [0.25, 0.3) is 0 Å². The third-order valence-electron chi connectivity index (χ3n) is 8.12. The van der Waals surface area contributed by atoms with Gasteiger partial charge in [-0.15, -0.1) is 0 Å². The fraction of sp³-hybridized carbons (Fsp3) is 0.806. The molecule has 0 unspecified atom stereocenters. The molecule has 6 nitrogen and oxygen atoms in total. The van der Waals surface area contributed by atoms with E-state index in [1.807, 2.05) is 19.1 Å². The van der Waals surface area contributed by atoms with E-state index in [-0.39, 0.29) is 10.8 Å². The molecule has 7 heteroatoms.